The summed E-state index contributed by atoms with van der Waals surface area (Å²) in [6.45, 7) is 0.939. The topological polar surface area (TPSA) is 89.3 Å². The Hall–Kier alpha value is -1.83. The number of ether oxygens (including phenoxy) is 1. The molecule has 4 rings (SSSR count). The van der Waals surface area contributed by atoms with Crippen LogP contribution in [0.3, 0.4) is 0 Å². The maximum absolute atomic E-state index is 12.5. The van der Waals surface area contributed by atoms with Crippen molar-refractivity contribution in [1.29, 1.82) is 0 Å². The van der Waals surface area contributed by atoms with Crippen LogP contribution in [0.5, 0.6) is 0 Å². The van der Waals surface area contributed by atoms with Gasteiger partial charge in [-0.1, -0.05) is 17.3 Å². The van der Waals surface area contributed by atoms with Crippen LogP contribution >= 0.6 is 0 Å². The summed E-state index contributed by atoms with van der Waals surface area (Å²) < 4.78 is 6.98. The Morgan fingerprint density at radius 2 is 2.32 bits per heavy atom. The standard InChI is InChI=1S/C15H18N4O3/c20-14-10-4-1-2-5-11(10)17-18-19(14)9-15(21)8-12-13(22-15)6-3-7-16-12/h1-2,4-5,12-13,16,21H,3,6-9H2/t12-,13-,15?/m0/s1. The second-order valence-electron chi connectivity index (χ2n) is 6.08. The monoisotopic (exact) mass is 302 g/mol. The zero-order chi connectivity index (χ0) is 15.2. The fourth-order valence-electron chi connectivity index (χ4n) is 3.40. The van der Waals surface area contributed by atoms with Crippen LogP contribution in [0.4, 0.5) is 0 Å². The van der Waals surface area contributed by atoms with Gasteiger partial charge in [0.1, 0.15) is 12.1 Å². The van der Waals surface area contributed by atoms with E-state index in [0.717, 1.165) is 19.4 Å². The van der Waals surface area contributed by atoms with Gasteiger partial charge in [-0.05, 0) is 31.5 Å². The Morgan fingerprint density at radius 3 is 3.18 bits per heavy atom. The predicted octanol–water partition coefficient (Wildman–Crippen LogP) is 0.0210. The van der Waals surface area contributed by atoms with E-state index in [0.29, 0.717) is 17.3 Å². The maximum atomic E-state index is 12.5. The molecule has 1 unspecified atom stereocenters. The number of hydrogen-bond donors (Lipinski definition) is 2. The first-order valence-electron chi connectivity index (χ1n) is 7.61. The van der Waals surface area contributed by atoms with Crippen molar-refractivity contribution in [3.8, 4) is 0 Å². The molecule has 2 aliphatic rings. The van der Waals surface area contributed by atoms with Crippen molar-refractivity contribution in [3.05, 3.63) is 34.6 Å². The summed E-state index contributed by atoms with van der Waals surface area (Å²) in [4.78, 5) is 12.5. The number of piperidine rings is 1. The van der Waals surface area contributed by atoms with E-state index in [1.165, 1.54) is 4.68 Å². The average Bonchev–Trinajstić information content (AvgIpc) is 2.86. The molecule has 2 aromatic rings. The number of fused-ring (bicyclic) bond motifs is 2. The molecule has 0 amide bonds. The molecule has 2 fully saturated rings. The first-order valence-corrected chi connectivity index (χ1v) is 7.61. The van der Waals surface area contributed by atoms with Gasteiger partial charge in [0.25, 0.3) is 5.56 Å². The molecule has 7 heteroatoms. The summed E-state index contributed by atoms with van der Waals surface area (Å²) in [5.41, 5.74) is 0.295. The van der Waals surface area contributed by atoms with Crippen LogP contribution in [-0.4, -0.2) is 44.6 Å². The second kappa shape index (κ2) is 5.12. The van der Waals surface area contributed by atoms with Crippen LogP contribution in [0.25, 0.3) is 10.9 Å². The van der Waals surface area contributed by atoms with Crippen LogP contribution in [0.15, 0.2) is 29.1 Å². The first kappa shape index (κ1) is 13.8. The van der Waals surface area contributed by atoms with E-state index in [2.05, 4.69) is 15.6 Å². The van der Waals surface area contributed by atoms with Gasteiger partial charge in [-0.3, -0.25) is 4.79 Å². The Morgan fingerprint density at radius 1 is 1.45 bits per heavy atom. The average molecular weight is 302 g/mol. The highest BCUT2D eigenvalue weighted by Crippen LogP contribution is 2.33. The Labute approximate surface area is 126 Å². The summed E-state index contributed by atoms with van der Waals surface area (Å²) in [6, 6.07) is 7.19. The number of rotatable bonds is 2. The van der Waals surface area contributed by atoms with Crippen LogP contribution in [0.1, 0.15) is 19.3 Å². The lowest BCUT2D eigenvalue weighted by Crippen LogP contribution is -2.41. The van der Waals surface area contributed by atoms with Gasteiger partial charge in [0, 0.05) is 12.5 Å². The fraction of sp³-hybridized carbons (Fsp3) is 0.533. The quantitative estimate of drug-likeness (QED) is 0.813. The van der Waals surface area contributed by atoms with Crippen molar-refractivity contribution in [2.24, 2.45) is 0 Å². The fourth-order valence-corrected chi connectivity index (χ4v) is 3.40. The Bertz CT molecular complexity index is 746. The van der Waals surface area contributed by atoms with E-state index in [-0.39, 0.29) is 24.2 Å². The van der Waals surface area contributed by atoms with Gasteiger partial charge in [-0.2, -0.15) is 0 Å². The molecule has 0 saturated carbocycles. The minimum absolute atomic E-state index is 0.00164. The molecule has 22 heavy (non-hydrogen) atoms. The summed E-state index contributed by atoms with van der Waals surface area (Å²) >= 11 is 0. The summed E-state index contributed by atoms with van der Waals surface area (Å²) in [7, 11) is 0. The van der Waals surface area contributed by atoms with Crippen LogP contribution < -0.4 is 10.9 Å². The number of hydrogen-bond acceptors (Lipinski definition) is 6. The van der Waals surface area contributed by atoms with E-state index in [1.54, 1.807) is 18.2 Å². The smallest absolute Gasteiger partial charge is 0.277 e. The number of aromatic nitrogens is 3. The second-order valence-corrected chi connectivity index (χ2v) is 6.08. The molecule has 0 spiro atoms. The largest absolute Gasteiger partial charge is 0.364 e. The van der Waals surface area contributed by atoms with Crippen molar-refractivity contribution < 1.29 is 9.84 Å². The minimum atomic E-state index is -1.37. The number of benzene rings is 1. The molecular weight excluding hydrogens is 284 g/mol. The highest BCUT2D eigenvalue weighted by Gasteiger charge is 2.46. The molecular formula is C15H18N4O3. The van der Waals surface area contributed by atoms with Crippen molar-refractivity contribution >= 4 is 10.9 Å². The van der Waals surface area contributed by atoms with Crippen molar-refractivity contribution in [1.82, 2.24) is 20.3 Å². The molecule has 3 heterocycles. The van der Waals surface area contributed by atoms with E-state index < -0.39 is 5.79 Å². The molecule has 3 atom stereocenters. The van der Waals surface area contributed by atoms with E-state index in [9.17, 15) is 9.90 Å². The zero-order valence-corrected chi connectivity index (χ0v) is 12.1. The number of nitrogens with zero attached hydrogens (tertiary/aromatic N) is 3. The van der Waals surface area contributed by atoms with Crippen LogP contribution in [0.2, 0.25) is 0 Å². The molecule has 2 N–H and O–H groups in total. The van der Waals surface area contributed by atoms with E-state index in [4.69, 9.17) is 4.74 Å². The third kappa shape index (κ3) is 2.31. The highest BCUT2D eigenvalue weighted by atomic mass is 16.6. The van der Waals surface area contributed by atoms with Crippen molar-refractivity contribution in [2.75, 3.05) is 6.54 Å². The molecule has 0 bridgehead atoms. The van der Waals surface area contributed by atoms with Gasteiger partial charge in [0.2, 0.25) is 0 Å². The van der Waals surface area contributed by atoms with E-state index >= 15 is 0 Å². The van der Waals surface area contributed by atoms with Gasteiger partial charge >= 0.3 is 0 Å². The Kier molecular flexibility index (Phi) is 3.21. The molecule has 1 aromatic carbocycles. The SMILES string of the molecule is O=c1c2ccccc2nnn1CC1(O)C[C@@H]2NCCC[C@@H]2O1. The Balaban J connectivity index is 1.63. The third-order valence-electron chi connectivity index (χ3n) is 4.46. The molecule has 0 radical (unpaired) electrons. The third-order valence-corrected chi connectivity index (χ3v) is 4.46. The molecule has 116 valence electrons. The summed E-state index contributed by atoms with van der Waals surface area (Å²) in [5.74, 6) is -1.37. The lowest BCUT2D eigenvalue weighted by molar-refractivity contribution is -0.203. The summed E-state index contributed by atoms with van der Waals surface area (Å²) in [5, 5.41) is 22.5. The highest BCUT2D eigenvalue weighted by molar-refractivity contribution is 5.76. The normalized spacial score (nSPS) is 31.3. The van der Waals surface area contributed by atoms with Gasteiger partial charge in [0.05, 0.1) is 11.5 Å². The van der Waals surface area contributed by atoms with Gasteiger partial charge in [-0.15, -0.1) is 5.10 Å². The minimum Gasteiger partial charge on any atom is -0.364 e. The van der Waals surface area contributed by atoms with E-state index in [1.807, 2.05) is 6.07 Å². The van der Waals surface area contributed by atoms with Gasteiger partial charge < -0.3 is 15.2 Å². The van der Waals surface area contributed by atoms with Crippen LogP contribution in [-0.2, 0) is 11.3 Å². The first-order chi connectivity index (χ1) is 10.6. The number of nitrogens with one attached hydrogen (secondary N) is 1. The van der Waals surface area contributed by atoms with Gasteiger partial charge in [-0.25, -0.2) is 4.68 Å². The van der Waals surface area contributed by atoms with Crippen molar-refractivity contribution in [2.45, 2.75) is 43.7 Å². The molecule has 7 nitrogen and oxygen atoms in total. The molecule has 1 aromatic heterocycles. The summed E-state index contributed by atoms with van der Waals surface area (Å²) in [6.07, 6.45) is 2.42. The molecule has 0 aliphatic carbocycles. The van der Waals surface area contributed by atoms with Gasteiger partial charge in [0.15, 0.2) is 5.79 Å². The molecule has 2 aliphatic heterocycles. The molecule has 2 saturated heterocycles. The zero-order valence-electron chi connectivity index (χ0n) is 12.1. The van der Waals surface area contributed by atoms with Crippen LogP contribution in [0, 0.1) is 0 Å². The lowest BCUT2D eigenvalue weighted by Gasteiger charge is -2.25. The maximum Gasteiger partial charge on any atom is 0.277 e. The number of aliphatic hydroxyl groups is 1. The predicted molar refractivity (Wildman–Crippen MR) is 79.3 cm³/mol. The lowest BCUT2D eigenvalue weighted by atomic mass is 9.99. The van der Waals surface area contributed by atoms with Crippen molar-refractivity contribution in [3.63, 3.8) is 0 Å².